The molecule has 0 saturated carbocycles. The molecule has 0 aliphatic carbocycles. The van der Waals surface area contributed by atoms with Gasteiger partial charge in [-0.25, -0.2) is 0 Å². The number of nitrogens with zero attached hydrogens (tertiary/aromatic N) is 2. The number of allylic oxidation sites excluding steroid dienone is 1. The van der Waals surface area contributed by atoms with Crippen LogP contribution >= 0.6 is 11.6 Å². The predicted molar refractivity (Wildman–Crippen MR) is 142 cm³/mol. The maximum absolute atomic E-state index is 14.2. The van der Waals surface area contributed by atoms with Gasteiger partial charge in [-0.3, -0.25) is 19.2 Å². The Balaban J connectivity index is 1.57. The number of aliphatic hydroxyl groups is 1. The van der Waals surface area contributed by atoms with Crippen molar-refractivity contribution in [1.82, 2.24) is 10.2 Å². The molecule has 0 unspecified atom stereocenters. The van der Waals surface area contributed by atoms with Crippen LogP contribution in [0.3, 0.4) is 0 Å². The third-order valence-corrected chi connectivity index (χ3v) is 7.98. The van der Waals surface area contributed by atoms with Gasteiger partial charge >= 0.3 is 5.97 Å². The van der Waals surface area contributed by atoms with Gasteiger partial charge in [0, 0.05) is 36.8 Å². The molecule has 1 aromatic rings. The zero-order chi connectivity index (χ0) is 27.7. The quantitative estimate of drug-likeness (QED) is 0.425. The second kappa shape index (κ2) is 11.1. The van der Waals surface area contributed by atoms with E-state index in [-0.39, 0.29) is 50.9 Å². The zero-order valence-electron chi connectivity index (χ0n) is 21.6. The van der Waals surface area contributed by atoms with E-state index in [0.29, 0.717) is 17.1 Å². The van der Waals surface area contributed by atoms with Crippen LogP contribution in [0.15, 0.2) is 48.6 Å². The van der Waals surface area contributed by atoms with Crippen molar-refractivity contribution in [3.63, 3.8) is 0 Å². The fraction of sp³-hybridized carbons (Fsp3) is 0.500. The topological polar surface area (TPSA) is 125 Å². The number of aliphatic hydroxyl groups excluding tert-OH is 1. The summed E-state index contributed by atoms with van der Waals surface area (Å²) in [6.07, 6.45) is 6.49. The first-order valence-electron chi connectivity index (χ1n) is 13.2. The number of amides is 3. The third kappa shape index (κ3) is 4.97. The highest BCUT2D eigenvalue weighted by Gasteiger charge is 2.71. The number of fused-ring (bicyclic) bond motifs is 2. The second-order valence-corrected chi connectivity index (χ2v) is 10.7. The van der Waals surface area contributed by atoms with Gasteiger partial charge in [-0.15, -0.1) is 0 Å². The number of ether oxygens (including phenoxy) is 2. The maximum atomic E-state index is 14.2. The predicted octanol–water partition coefficient (Wildman–Crippen LogP) is 1.60. The number of esters is 1. The lowest BCUT2D eigenvalue weighted by Crippen LogP contribution is -2.55. The van der Waals surface area contributed by atoms with Gasteiger partial charge in [0.1, 0.15) is 23.7 Å². The van der Waals surface area contributed by atoms with Crippen LogP contribution in [0.1, 0.15) is 26.2 Å². The summed E-state index contributed by atoms with van der Waals surface area (Å²) in [4.78, 5) is 56.9. The third-order valence-electron chi connectivity index (χ3n) is 7.73. The molecule has 6 atom stereocenters. The maximum Gasteiger partial charge on any atom is 0.313 e. The SMILES string of the molecule is C[C@@H]1CNC(=O)CC/C=C\[C@H]2O[C@]34C=CCN(c5ccc(Cl)cc5)C(=O)[C@H]3N(CCCO)C(=O)[C@@H]4[C@H]2C(=O)O1. The lowest BCUT2D eigenvalue weighted by atomic mass is 9.78. The van der Waals surface area contributed by atoms with E-state index in [4.69, 9.17) is 21.1 Å². The van der Waals surface area contributed by atoms with Crippen LogP contribution in [0, 0.1) is 11.8 Å². The van der Waals surface area contributed by atoms with Crippen molar-refractivity contribution in [2.24, 2.45) is 11.8 Å². The molecular formula is C28H32ClN3O7. The molecule has 4 aliphatic heterocycles. The number of cyclic esters (lactones) is 1. The van der Waals surface area contributed by atoms with E-state index in [1.54, 1.807) is 60.4 Å². The van der Waals surface area contributed by atoms with Crippen LogP contribution in [-0.2, 0) is 28.7 Å². The molecule has 0 aromatic heterocycles. The van der Waals surface area contributed by atoms with Crippen LogP contribution in [0.2, 0.25) is 5.02 Å². The Morgan fingerprint density at radius 2 is 1.90 bits per heavy atom. The summed E-state index contributed by atoms with van der Waals surface area (Å²) < 4.78 is 12.3. The fourth-order valence-electron chi connectivity index (χ4n) is 6.00. The second-order valence-electron chi connectivity index (χ2n) is 10.3. The molecular weight excluding hydrogens is 526 g/mol. The molecule has 5 rings (SSSR count). The molecule has 2 saturated heterocycles. The van der Waals surface area contributed by atoms with Crippen molar-refractivity contribution in [1.29, 1.82) is 0 Å². The minimum atomic E-state index is -1.42. The van der Waals surface area contributed by atoms with E-state index in [9.17, 15) is 24.3 Å². The van der Waals surface area contributed by atoms with E-state index < -0.39 is 47.6 Å². The monoisotopic (exact) mass is 557 g/mol. The van der Waals surface area contributed by atoms with E-state index in [1.165, 1.54) is 4.90 Å². The normalized spacial score (nSPS) is 33.8. The Hall–Kier alpha value is -3.21. The van der Waals surface area contributed by atoms with Crippen molar-refractivity contribution >= 4 is 41.0 Å². The minimum absolute atomic E-state index is 0.125. The Morgan fingerprint density at radius 1 is 1.13 bits per heavy atom. The lowest BCUT2D eigenvalue weighted by molar-refractivity contribution is -0.158. The van der Waals surface area contributed by atoms with Crippen LogP contribution < -0.4 is 10.2 Å². The smallest absolute Gasteiger partial charge is 0.313 e. The number of likely N-dealkylation sites (tertiary alicyclic amines) is 1. The summed E-state index contributed by atoms with van der Waals surface area (Å²) in [7, 11) is 0. The Morgan fingerprint density at radius 3 is 2.64 bits per heavy atom. The summed E-state index contributed by atoms with van der Waals surface area (Å²) in [6, 6.07) is 5.79. The number of benzene rings is 1. The van der Waals surface area contributed by atoms with E-state index >= 15 is 0 Å². The molecule has 4 heterocycles. The largest absolute Gasteiger partial charge is 0.460 e. The standard InChI is InChI=1S/C28H32ClN3O7/c1-17-16-30-21(34)7-3-2-6-20-22(27(37)38-17)23-25(35)32(14-5-15-33)24-26(36)31(13-4-12-28(23,24)39-20)19-10-8-18(29)9-11-19/h2,4,6,8-12,17,20,22-24,33H,3,5,7,13-16H2,1H3,(H,30,34)/b6-2-/t17-,20-,22+,23+,24-,28+/m1/s1. The molecule has 0 radical (unpaired) electrons. The summed E-state index contributed by atoms with van der Waals surface area (Å²) in [5, 5.41) is 12.8. The lowest BCUT2D eigenvalue weighted by Gasteiger charge is -2.35. The molecule has 10 nitrogen and oxygen atoms in total. The average molecular weight is 558 g/mol. The Labute approximate surface area is 231 Å². The fourth-order valence-corrected chi connectivity index (χ4v) is 6.12. The number of carbonyl (C=O) groups is 4. The van der Waals surface area contributed by atoms with Gasteiger partial charge in [0.05, 0.1) is 18.6 Å². The zero-order valence-corrected chi connectivity index (χ0v) is 22.4. The first-order valence-corrected chi connectivity index (χ1v) is 13.6. The highest BCUT2D eigenvalue weighted by molar-refractivity contribution is 6.30. The molecule has 2 fully saturated rings. The van der Waals surface area contributed by atoms with Crippen LogP contribution in [0.25, 0.3) is 0 Å². The van der Waals surface area contributed by atoms with E-state index in [1.807, 2.05) is 0 Å². The van der Waals surface area contributed by atoms with Crippen LogP contribution in [-0.4, -0.2) is 83.8 Å². The molecule has 1 aromatic carbocycles. The average Bonchev–Trinajstić information content (AvgIpc) is 3.29. The molecule has 0 bridgehead atoms. The molecule has 2 N–H and O–H groups in total. The summed E-state index contributed by atoms with van der Waals surface area (Å²) in [6.45, 7) is 2.01. The molecule has 39 heavy (non-hydrogen) atoms. The molecule has 4 aliphatic rings. The number of halogens is 1. The number of anilines is 1. The summed E-state index contributed by atoms with van der Waals surface area (Å²) >= 11 is 6.07. The number of rotatable bonds is 4. The molecule has 11 heteroatoms. The first kappa shape index (κ1) is 27.4. The van der Waals surface area contributed by atoms with E-state index in [0.717, 1.165) is 0 Å². The van der Waals surface area contributed by atoms with Crippen molar-refractivity contribution in [3.8, 4) is 0 Å². The van der Waals surface area contributed by atoms with Crippen LogP contribution in [0.5, 0.6) is 0 Å². The van der Waals surface area contributed by atoms with Crippen molar-refractivity contribution < 1.29 is 33.8 Å². The number of nitrogens with one attached hydrogen (secondary N) is 1. The Kier molecular flexibility index (Phi) is 7.80. The number of carbonyl (C=O) groups excluding carboxylic acids is 4. The van der Waals surface area contributed by atoms with Gasteiger partial charge in [-0.1, -0.05) is 35.9 Å². The molecule has 3 amide bonds. The van der Waals surface area contributed by atoms with Gasteiger partial charge in [-0.2, -0.15) is 0 Å². The van der Waals surface area contributed by atoms with Gasteiger partial charge < -0.3 is 29.7 Å². The van der Waals surface area contributed by atoms with Crippen molar-refractivity contribution in [3.05, 3.63) is 53.6 Å². The van der Waals surface area contributed by atoms with Gasteiger partial charge in [-0.05, 0) is 44.0 Å². The van der Waals surface area contributed by atoms with Gasteiger partial charge in [0.15, 0.2) is 0 Å². The Bertz CT molecular complexity index is 1200. The van der Waals surface area contributed by atoms with Gasteiger partial charge in [0.2, 0.25) is 11.8 Å². The van der Waals surface area contributed by atoms with Crippen LogP contribution in [0.4, 0.5) is 5.69 Å². The highest BCUT2D eigenvalue weighted by atomic mass is 35.5. The number of hydrogen-bond acceptors (Lipinski definition) is 7. The number of hydrogen-bond donors (Lipinski definition) is 2. The highest BCUT2D eigenvalue weighted by Crippen LogP contribution is 2.53. The van der Waals surface area contributed by atoms with E-state index in [2.05, 4.69) is 5.32 Å². The molecule has 1 spiro atoms. The molecule has 208 valence electrons. The minimum Gasteiger partial charge on any atom is -0.460 e. The van der Waals surface area contributed by atoms with Crippen molar-refractivity contribution in [2.45, 2.75) is 50.0 Å². The first-order chi connectivity index (χ1) is 18.8. The summed E-state index contributed by atoms with van der Waals surface area (Å²) in [5.74, 6) is -3.52. The van der Waals surface area contributed by atoms with Gasteiger partial charge in [0.25, 0.3) is 5.91 Å². The summed E-state index contributed by atoms with van der Waals surface area (Å²) in [5.41, 5.74) is -0.806. The van der Waals surface area contributed by atoms with Crippen molar-refractivity contribution in [2.75, 3.05) is 31.1 Å².